The number of thiophene rings is 1. The van der Waals surface area contributed by atoms with Crippen molar-refractivity contribution in [2.24, 2.45) is 5.92 Å². The summed E-state index contributed by atoms with van der Waals surface area (Å²) in [5.41, 5.74) is 0. The Hall–Kier alpha value is 0.0500. The molecule has 2 heterocycles. The van der Waals surface area contributed by atoms with E-state index in [1.54, 1.807) is 10.4 Å². The third-order valence-corrected chi connectivity index (χ3v) is 8.21. The Bertz CT molecular complexity index is 572. The molecule has 1 saturated heterocycles. The Morgan fingerprint density at radius 3 is 2.86 bits per heavy atom. The highest BCUT2D eigenvalue weighted by molar-refractivity contribution is 9.11. The molecule has 1 aromatic heterocycles. The van der Waals surface area contributed by atoms with Gasteiger partial charge >= 0.3 is 0 Å². The molecule has 1 aromatic rings. The van der Waals surface area contributed by atoms with Crippen molar-refractivity contribution in [3.8, 4) is 0 Å². The molecule has 1 aliphatic rings. The number of hydrogen-bond acceptors (Lipinski definition) is 4. The van der Waals surface area contributed by atoms with Gasteiger partial charge in [-0.25, -0.2) is 8.42 Å². The maximum absolute atomic E-state index is 12.9. The van der Waals surface area contributed by atoms with Gasteiger partial charge in [-0.15, -0.1) is 11.3 Å². The van der Waals surface area contributed by atoms with Crippen LogP contribution in [0.1, 0.15) is 37.5 Å². The Morgan fingerprint density at radius 2 is 2.19 bits per heavy atom. The van der Waals surface area contributed by atoms with E-state index in [9.17, 15) is 8.42 Å². The number of nitrogens with zero attached hydrogens (tertiary/aromatic N) is 1. The summed E-state index contributed by atoms with van der Waals surface area (Å²) in [5, 5.41) is 3.06. The van der Waals surface area contributed by atoms with Gasteiger partial charge in [-0.3, -0.25) is 0 Å². The zero-order chi connectivity index (χ0) is 15.5. The van der Waals surface area contributed by atoms with E-state index in [0.29, 0.717) is 34.2 Å². The highest BCUT2D eigenvalue weighted by atomic mass is 79.9. The van der Waals surface area contributed by atoms with Gasteiger partial charge in [0.1, 0.15) is 4.90 Å². The van der Waals surface area contributed by atoms with Gasteiger partial charge in [0.05, 0.1) is 3.79 Å². The Kier molecular flexibility index (Phi) is 6.25. The molecule has 1 fully saturated rings. The van der Waals surface area contributed by atoms with Crippen LogP contribution < -0.4 is 5.32 Å². The van der Waals surface area contributed by atoms with E-state index in [1.165, 1.54) is 11.3 Å². The number of rotatable bonds is 5. The van der Waals surface area contributed by atoms with E-state index in [1.807, 2.05) is 7.05 Å². The van der Waals surface area contributed by atoms with Crippen LogP contribution in [0.4, 0.5) is 0 Å². The summed E-state index contributed by atoms with van der Waals surface area (Å²) in [6, 6.07) is 1.79. The summed E-state index contributed by atoms with van der Waals surface area (Å²) in [6.07, 6.45) is 4.21. The Morgan fingerprint density at radius 1 is 1.43 bits per heavy atom. The fraction of sp³-hybridized carbons (Fsp3) is 0.714. The van der Waals surface area contributed by atoms with Crippen LogP contribution in [0.5, 0.6) is 0 Å². The zero-order valence-corrected chi connectivity index (χ0v) is 15.8. The SMILES string of the molecule is CCC1CCCN(S(=O)(=O)c2cc(CNC)sc2Br)CC1. The van der Waals surface area contributed by atoms with Crippen LogP contribution in [0.2, 0.25) is 0 Å². The molecule has 120 valence electrons. The van der Waals surface area contributed by atoms with Crippen molar-refractivity contribution in [1.82, 2.24) is 9.62 Å². The summed E-state index contributed by atoms with van der Waals surface area (Å²) < 4.78 is 28.1. The largest absolute Gasteiger partial charge is 0.315 e. The number of halogens is 1. The van der Waals surface area contributed by atoms with E-state index in [2.05, 4.69) is 28.2 Å². The van der Waals surface area contributed by atoms with Crippen molar-refractivity contribution in [1.29, 1.82) is 0 Å². The molecule has 0 radical (unpaired) electrons. The summed E-state index contributed by atoms with van der Waals surface area (Å²) in [6.45, 7) is 4.16. The van der Waals surface area contributed by atoms with E-state index >= 15 is 0 Å². The van der Waals surface area contributed by atoms with Crippen molar-refractivity contribution in [2.75, 3.05) is 20.1 Å². The molecule has 1 aliphatic heterocycles. The number of nitrogens with one attached hydrogen (secondary N) is 1. The second kappa shape index (κ2) is 7.55. The minimum atomic E-state index is -3.38. The normalized spacial score (nSPS) is 21.4. The average molecular weight is 395 g/mol. The predicted octanol–water partition coefficient (Wildman–Crippen LogP) is 3.43. The molecule has 4 nitrogen and oxygen atoms in total. The van der Waals surface area contributed by atoms with Crippen LogP contribution in [-0.4, -0.2) is 32.9 Å². The van der Waals surface area contributed by atoms with Crippen molar-refractivity contribution in [2.45, 2.75) is 44.0 Å². The van der Waals surface area contributed by atoms with E-state index < -0.39 is 10.0 Å². The lowest BCUT2D eigenvalue weighted by molar-refractivity contribution is 0.407. The van der Waals surface area contributed by atoms with Crippen molar-refractivity contribution in [3.05, 3.63) is 14.7 Å². The lowest BCUT2D eigenvalue weighted by Gasteiger charge is -2.19. The first-order chi connectivity index (χ1) is 9.98. The molecule has 1 atom stereocenters. The first-order valence-electron chi connectivity index (χ1n) is 7.42. The zero-order valence-electron chi connectivity index (χ0n) is 12.6. The van der Waals surface area contributed by atoms with Crippen molar-refractivity contribution in [3.63, 3.8) is 0 Å². The van der Waals surface area contributed by atoms with Gasteiger partial charge in [0.25, 0.3) is 0 Å². The fourth-order valence-corrected chi connectivity index (χ4v) is 6.90. The van der Waals surface area contributed by atoms with Gasteiger partial charge in [-0.05, 0) is 54.2 Å². The maximum Gasteiger partial charge on any atom is 0.245 e. The molecule has 0 bridgehead atoms. The molecule has 0 spiro atoms. The minimum Gasteiger partial charge on any atom is -0.315 e. The highest BCUT2D eigenvalue weighted by Crippen LogP contribution is 2.34. The third kappa shape index (κ3) is 4.07. The topological polar surface area (TPSA) is 49.4 Å². The lowest BCUT2D eigenvalue weighted by atomic mass is 9.98. The molecule has 1 N–H and O–H groups in total. The Labute approximate surface area is 140 Å². The first-order valence-corrected chi connectivity index (χ1v) is 10.5. The van der Waals surface area contributed by atoms with Crippen molar-refractivity contribution >= 4 is 37.3 Å². The smallest absolute Gasteiger partial charge is 0.245 e. The van der Waals surface area contributed by atoms with Crippen LogP contribution in [0, 0.1) is 5.92 Å². The first kappa shape index (κ1) is 17.4. The molecule has 0 amide bonds. The lowest BCUT2D eigenvalue weighted by Crippen LogP contribution is -2.32. The Balaban J connectivity index is 2.21. The number of hydrogen-bond donors (Lipinski definition) is 1. The van der Waals surface area contributed by atoms with Gasteiger partial charge in [0.15, 0.2) is 0 Å². The van der Waals surface area contributed by atoms with Gasteiger partial charge in [-0.1, -0.05) is 13.3 Å². The van der Waals surface area contributed by atoms with Crippen molar-refractivity contribution < 1.29 is 8.42 Å². The van der Waals surface area contributed by atoms with Gasteiger partial charge in [-0.2, -0.15) is 4.31 Å². The number of sulfonamides is 1. The summed E-state index contributed by atoms with van der Waals surface area (Å²) in [7, 11) is -1.51. The summed E-state index contributed by atoms with van der Waals surface area (Å²) in [5.74, 6) is 0.663. The van der Waals surface area contributed by atoms with Crippen LogP contribution in [-0.2, 0) is 16.6 Å². The summed E-state index contributed by atoms with van der Waals surface area (Å²) in [4.78, 5) is 1.46. The van der Waals surface area contributed by atoms with Gasteiger partial charge in [0.2, 0.25) is 10.0 Å². The molecule has 7 heteroatoms. The minimum absolute atomic E-state index is 0.424. The highest BCUT2D eigenvalue weighted by Gasteiger charge is 2.30. The van der Waals surface area contributed by atoms with E-state index in [4.69, 9.17) is 0 Å². The second-order valence-electron chi connectivity index (χ2n) is 5.49. The van der Waals surface area contributed by atoms with Crippen LogP contribution in [0.3, 0.4) is 0 Å². The summed E-state index contributed by atoms with van der Waals surface area (Å²) >= 11 is 4.91. The molecular weight excluding hydrogens is 372 g/mol. The molecule has 21 heavy (non-hydrogen) atoms. The van der Waals surface area contributed by atoms with Gasteiger partial charge < -0.3 is 5.32 Å². The molecular formula is C14H23BrN2O2S2. The quantitative estimate of drug-likeness (QED) is 0.831. The maximum atomic E-state index is 12.9. The van der Waals surface area contributed by atoms with E-state index in [-0.39, 0.29) is 0 Å². The molecule has 0 aliphatic carbocycles. The van der Waals surface area contributed by atoms with Crippen LogP contribution >= 0.6 is 27.3 Å². The monoisotopic (exact) mass is 394 g/mol. The second-order valence-corrected chi connectivity index (χ2v) is 9.85. The van der Waals surface area contributed by atoms with Gasteiger partial charge in [0, 0.05) is 24.5 Å². The average Bonchev–Trinajstić information content (AvgIpc) is 2.68. The van der Waals surface area contributed by atoms with Crippen LogP contribution in [0.15, 0.2) is 14.7 Å². The fourth-order valence-electron chi connectivity index (χ4n) is 2.76. The van der Waals surface area contributed by atoms with Crippen LogP contribution in [0.25, 0.3) is 0 Å². The molecule has 0 aromatic carbocycles. The molecule has 0 saturated carbocycles. The third-order valence-electron chi connectivity index (χ3n) is 4.06. The predicted molar refractivity (Wildman–Crippen MR) is 91.2 cm³/mol. The molecule has 2 rings (SSSR count). The standard InChI is InChI=1S/C14H23BrN2O2S2/c1-3-11-5-4-7-17(8-6-11)21(18,19)13-9-12(10-16-2)20-14(13)15/h9,11,16H,3-8,10H2,1-2H3. The van der Waals surface area contributed by atoms with E-state index in [0.717, 1.165) is 30.6 Å². The molecule has 1 unspecified atom stereocenters.